The summed E-state index contributed by atoms with van der Waals surface area (Å²) >= 11 is 17.4. The summed E-state index contributed by atoms with van der Waals surface area (Å²) in [5.74, 6) is 0.421. The van der Waals surface area contributed by atoms with Gasteiger partial charge in [0.15, 0.2) is 0 Å². The molecule has 1 heterocycles. The highest BCUT2D eigenvalue weighted by Gasteiger charge is 2.18. The highest BCUT2D eigenvalue weighted by Crippen LogP contribution is 2.29. The summed E-state index contributed by atoms with van der Waals surface area (Å²) < 4.78 is 0. The Morgan fingerprint density at radius 1 is 1.38 bits per heavy atom. The molecule has 1 aromatic rings. The van der Waals surface area contributed by atoms with E-state index in [1.165, 1.54) is 6.07 Å². The van der Waals surface area contributed by atoms with Crippen molar-refractivity contribution in [3.05, 3.63) is 21.3 Å². The molecule has 6 heteroatoms. The van der Waals surface area contributed by atoms with E-state index in [1.807, 2.05) is 6.92 Å². The molecule has 0 saturated heterocycles. The Morgan fingerprint density at radius 2 is 2.00 bits per heavy atom. The van der Waals surface area contributed by atoms with E-state index in [-0.39, 0.29) is 5.15 Å². The molecule has 1 atom stereocenters. The van der Waals surface area contributed by atoms with E-state index in [9.17, 15) is 5.11 Å². The van der Waals surface area contributed by atoms with Crippen molar-refractivity contribution in [3.63, 3.8) is 0 Å². The zero-order valence-corrected chi connectivity index (χ0v) is 11.3. The summed E-state index contributed by atoms with van der Waals surface area (Å²) in [7, 11) is 0. The monoisotopic (exact) mass is 282 g/mol. The predicted molar refractivity (Wildman–Crippen MR) is 68.7 cm³/mol. The molecule has 0 aliphatic heterocycles. The molecule has 0 aliphatic rings. The van der Waals surface area contributed by atoms with Crippen molar-refractivity contribution in [1.82, 2.24) is 4.98 Å². The molecule has 3 nitrogen and oxygen atoms in total. The number of anilines is 1. The lowest BCUT2D eigenvalue weighted by atomic mass is 10.0. The quantitative estimate of drug-likeness (QED) is 0.830. The second-order valence-electron chi connectivity index (χ2n) is 3.80. The molecule has 16 heavy (non-hydrogen) atoms. The second kappa shape index (κ2) is 5.41. The van der Waals surface area contributed by atoms with Crippen LogP contribution in [0.15, 0.2) is 6.07 Å². The first kappa shape index (κ1) is 13.8. The maximum absolute atomic E-state index is 9.81. The molecular formula is C10H13Cl3N2O. The van der Waals surface area contributed by atoms with E-state index in [0.717, 1.165) is 0 Å². The van der Waals surface area contributed by atoms with Crippen LogP contribution in [0.5, 0.6) is 0 Å². The Hall–Kier alpha value is -0.220. The van der Waals surface area contributed by atoms with E-state index in [4.69, 9.17) is 34.8 Å². The van der Waals surface area contributed by atoms with E-state index in [2.05, 4.69) is 10.3 Å². The van der Waals surface area contributed by atoms with Crippen molar-refractivity contribution >= 4 is 40.6 Å². The number of rotatable bonds is 4. The fourth-order valence-electron chi connectivity index (χ4n) is 0.967. The lowest BCUT2D eigenvalue weighted by Crippen LogP contribution is -2.32. The average Bonchev–Trinajstić information content (AvgIpc) is 2.22. The van der Waals surface area contributed by atoms with Gasteiger partial charge in [-0.15, -0.1) is 0 Å². The summed E-state index contributed by atoms with van der Waals surface area (Å²) in [5.41, 5.74) is -0.808. The standard InChI is InChI=1S/C10H13Cl3N2O/c1-3-10(2,16)5-14-9-7(12)4-6(11)8(13)15-9/h4,16H,3,5H2,1-2H3,(H,14,15). The summed E-state index contributed by atoms with van der Waals surface area (Å²) in [5, 5.41) is 13.6. The van der Waals surface area contributed by atoms with Crippen molar-refractivity contribution in [2.45, 2.75) is 25.9 Å². The molecule has 0 saturated carbocycles. The zero-order valence-electron chi connectivity index (χ0n) is 9.02. The molecule has 0 aliphatic carbocycles. The average molecular weight is 284 g/mol. The molecule has 2 N–H and O–H groups in total. The molecular weight excluding hydrogens is 270 g/mol. The van der Waals surface area contributed by atoms with Crippen LogP contribution in [0.2, 0.25) is 15.2 Å². The van der Waals surface area contributed by atoms with Crippen LogP contribution in [0.4, 0.5) is 5.82 Å². The lowest BCUT2D eigenvalue weighted by molar-refractivity contribution is 0.0696. The molecule has 0 amide bonds. The van der Waals surface area contributed by atoms with E-state index in [1.54, 1.807) is 6.92 Å². The number of hydrogen-bond acceptors (Lipinski definition) is 3. The maximum atomic E-state index is 9.81. The van der Waals surface area contributed by atoms with Gasteiger partial charge in [-0.2, -0.15) is 0 Å². The van der Waals surface area contributed by atoms with Crippen molar-refractivity contribution in [1.29, 1.82) is 0 Å². The van der Waals surface area contributed by atoms with Gasteiger partial charge < -0.3 is 10.4 Å². The second-order valence-corrected chi connectivity index (χ2v) is 4.97. The van der Waals surface area contributed by atoms with Crippen molar-refractivity contribution in [2.24, 2.45) is 0 Å². The zero-order chi connectivity index (χ0) is 12.3. The number of halogens is 3. The molecule has 1 aromatic heterocycles. The smallest absolute Gasteiger partial charge is 0.150 e. The summed E-state index contributed by atoms with van der Waals surface area (Å²) in [6.45, 7) is 3.96. The van der Waals surface area contributed by atoms with Crippen LogP contribution in [0.3, 0.4) is 0 Å². The molecule has 0 spiro atoms. The van der Waals surface area contributed by atoms with E-state index in [0.29, 0.717) is 28.8 Å². The van der Waals surface area contributed by atoms with Crippen LogP contribution >= 0.6 is 34.8 Å². The largest absolute Gasteiger partial charge is 0.388 e. The lowest BCUT2D eigenvalue weighted by Gasteiger charge is -2.22. The fourth-order valence-corrected chi connectivity index (χ4v) is 1.53. The van der Waals surface area contributed by atoms with E-state index >= 15 is 0 Å². The fraction of sp³-hybridized carbons (Fsp3) is 0.500. The van der Waals surface area contributed by atoms with Crippen LogP contribution in [-0.4, -0.2) is 22.2 Å². The Kier molecular flexibility index (Phi) is 4.68. The first-order valence-electron chi connectivity index (χ1n) is 4.83. The number of aliphatic hydroxyl groups is 1. The summed E-state index contributed by atoms with van der Waals surface area (Å²) in [6.07, 6.45) is 0.624. The van der Waals surface area contributed by atoms with Gasteiger partial charge in [0.1, 0.15) is 11.0 Å². The molecule has 1 rings (SSSR count). The highest BCUT2D eigenvalue weighted by molar-refractivity contribution is 6.42. The number of pyridine rings is 1. The topological polar surface area (TPSA) is 45.1 Å². The van der Waals surface area contributed by atoms with Crippen LogP contribution in [0.1, 0.15) is 20.3 Å². The van der Waals surface area contributed by atoms with Crippen LogP contribution < -0.4 is 5.32 Å². The third-order valence-electron chi connectivity index (χ3n) is 2.29. The first-order chi connectivity index (χ1) is 7.35. The number of nitrogens with one attached hydrogen (secondary N) is 1. The van der Waals surface area contributed by atoms with Gasteiger partial charge in [0.05, 0.1) is 15.6 Å². The number of hydrogen-bond donors (Lipinski definition) is 2. The molecule has 90 valence electrons. The number of aromatic nitrogens is 1. The van der Waals surface area contributed by atoms with Crippen molar-refractivity contribution in [2.75, 3.05) is 11.9 Å². The van der Waals surface area contributed by atoms with Gasteiger partial charge in [0.2, 0.25) is 0 Å². The maximum Gasteiger partial charge on any atom is 0.150 e. The molecule has 1 unspecified atom stereocenters. The Morgan fingerprint density at radius 3 is 2.56 bits per heavy atom. The predicted octanol–water partition coefficient (Wildman–Crippen LogP) is 3.61. The van der Waals surface area contributed by atoms with Gasteiger partial charge >= 0.3 is 0 Å². The molecule has 0 bridgehead atoms. The van der Waals surface area contributed by atoms with Gasteiger partial charge in [-0.05, 0) is 19.4 Å². The van der Waals surface area contributed by atoms with Gasteiger partial charge in [0, 0.05) is 6.54 Å². The van der Waals surface area contributed by atoms with Crippen LogP contribution in [0, 0.1) is 0 Å². The third kappa shape index (κ3) is 3.67. The minimum absolute atomic E-state index is 0.185. The van der Waals surface area contributed by atoms with E-state index < -0.39 is 5.60 Å². The third-order valence-corrected chi connectivity index (χ3v) is 3.25. The molecule has 0 radical (unpaired) electrons. The van der Waals surface area contributed by atoms with Gasteiger partial charge in [0.25, 0.3) is 0 Å². The first-order valence-corrected chi connectivity index (χ1v) is 5.97. The minimum Gasteiger partial charge on any atom is -0.388 e. The van der Waals surface area contributed by atoms with Crippen LogP contribution in [0.25, 0.3) is 0 Å². The van der Waals surface area contributed by atoms with Gasteiger partial charge in [-0.25, -0.2) is 4.98 Å². The highest BCUT2D eigenvalue weighted by atomic mass is 35.5. The Bertz CT molecular complexity index is 383. The number of nitrogens with zero attached hydrogens (tertiary/aromatic N) is 1. The normalized spacial score (nSPS) is 14.6. The summed E-state index contributed by atoms with van der Waals surface area (Å²) in [6, 6.07) is 1.52. The SMILES string of the molecule is CCC(C)(O)CNc1nc(Cl)c(Cl)cc1Cl. The van der Waals surface area contributed by atoms with Gasteiger partial charge in [-0.1, -0.05) is 41.7 Å². The van der Waals surface area contributed by atoms with Gasteiger partial charge in [-0.3, -0.25) is 0 Å². The van der Waals surface area contributed by atoms with Crippen LogP contribution in [-0.2, 0) is 0 Å². The Balaban J connectivity index is 2.79. The molecule has 0 fully saturated rings. The Labute approximate surface area is 110 Å². The minimum atomic E-state index is -0.808. The van der Waals surface area contributed by atoms with Crippen molar-refractivity contribution in [3.8, 4) is 0 Å². The summed E-state index contributed by atoms with van der Waals surface area (Å²) in [4.78, 5) is 3.99. The molecule has 0 aromatic carbocycles. The van der Waals surface area contributed by atoms with Crippen molar-refractivity contribution < 1.29 is 5.11 Å².